The second-order valence-corrected chi connectivity index (χ2v) is 6.71. The number of anilines is 1. The third kappa shape index (κ3) is 3.05. The minimum atomic E-state index is -3.46. The highest BCUT2D eigenvalue weighted by molar-refractivity contribution is 7.89. The second-order valence-electron chi connectivity index (χ2n) is 4.77. The molecular weight excluding hydrogens is 264 g/mol. The SMILES string of the molecule is CCN(CC1CCC1)S(=O)(=O)c1ccnc(NN)c1. The zero-order valence-electron chi connectivity index (χ0n) is 11.0. The second kappa shape index (κ2) is 5.85. The van der Waals surface area contributed by atoms with E-state index in [1.165, 1.54) is 29.1 Å². The number of hydrazine groups is 1. The minimum absolute atomic E-state index is 0.233. The lowest BCUT2D eigenvalue weighted by atomic mass is 9.85. The van der Waals surface area contributed by atoms with Gasteiger partial charge in [0.25, 0.3) is 0 Å². The Morgan fingerprint density at radius 1 is 1.53 bits per heavy atom. The largest absolute Gasteiger partial charge is 0.308 e. The molecule has 1 saturated carbocycles. The van der Waals surface area contributed by atoms with Crippen molar-refractivity contribution in [1.82, 2.24) is 9.29 Å². The number of hydrogen-bond acceptors (Lipinski definition) is 5. The van der Waals surface area contributed by atoms with Crippen LogP contribution in [0.25, 0.3) is 0 Å². The molecule has 1 fully saturated rings. The third-order valence-corrected chi connectivity index (χ3v) is 5.49. The molecule has 0 spiro atoms. The molecule has 0 radical (unpaired) electrons. The fourth-order valence-corrected chi connectivity index (χ4v) is 3.70. The summed E-state index contributed by atoms with van der Waals surface area (Å²) in [6.45, 7) is 2.94. The lowest BCUT2D eigenvalue weighted by molar-refractivity contribution is 0.250. The summed E-state index contributed by atoms with van der Waals surface area (Å²) in [4.78, 5) is 4.16. The van der Waals surface area contributed by atoms with Crippen LogP contribution in [0.1, 0.15) is 26.2 Å². The Morgan fingerprint density at radius 3 is 2.79 bits per heavy atom. The Morgan fingerprint density at radius 2 is 2.26 bits per heavy atom. The first kappa shape index (κ1) is 14.2. The van der Waals surface area contributed by atoms with Crippen LogP contribution in [0.15, 0.2) is 23.2 Å². The molecule has 106 valence electrons. The van der Waals surface area contributed by atoms with E-state index >= 15 is 0 Å². The summed E-state index contributed by atoms with van der Waals surface area (Å²) in [6.07, 6.45) is 4.90. The number of nitrogen functional groups attached to an aromatic ring is 1. The zero-order valence-corrected chi connectivity index (χ0v) is 11.9. The first-order chi connectivity index (χ1) is 9.07. The van der Waals surface area contributed by atoms with Crippen LogP contribution in [0.3, 0.4) is 0 Å². The Bertz CT molecular complexity index is 528. The standard InChI is InChI=1S/C12H20N4O2S/c1-2-16(9-10-4-3-5-10)19(17,18)11-6-7-14-12(8-11)15-13/h6-8,10H,2-5,9,13H2,1H3,(H,14,15). The number of nitrogens with zero attached hydrogens (tertiary/aromatic N) is 2. The Hall–Kier alpha value is -1.18. The average molecular weight is 284 g/mol. The molecule has 7 heteroatoms. The van der Waals surface area contributed by atoms with Crippen LogP contribution < -0.4 is 11.3 Å². The van der Waals surface area contributed by atoms with Gasteiger partial charge in [-0.15, -0.1) is 0 Å². The van der Waals surface area contributed by atoms with Gasteiger partial charge in [0, 0.05) is 25.4 Å². The molecule has 0 saturated heterocycles. The predicted octanol–water partition coefficient (Wildman–Crippen LogP) is 1.18. The van der Waals surface area contributed by atoms with E-state index < -0.39 is 10.0 Å². The van der Waals surface area contributed by atoms with E-state index in [-0.39, 0.29) is 4.90 Å². The quantitative estimate of drug-likeness (QED) is 0.605. The van der Waals surface area contributed by atoms with Crippen molar-refractivity contribution in [1.29, 1.82) is 0 Å². The summed E-state index contributed by atoms with van der Waals surface area (Å²) >= 11 is 0. The van der Waals surface area contributed by atoms with Crippen LogP contribution in [0, 0.1) is 5.92 Å². The van der Waals surface area contributed by atoms with Crippen LogP contribution in [0.2, 0.25) is 0 Å². The molecule has 0 bridgehead atoms. The van der Waals surface area contributed by atoms with E-state index in [2.05, 4.69) is 10.4 Å². The van der Waals surface area contributed by atoms with Gasteiger partial charge in [0.2, 0.25) is 10.0 Å². The highest BCUT2D eigenvalue weighted by Crippen LogP contribution is 2.29. The first-order valence-corrected chi connectivity index (χ1v) is 7.94. The van der Waals surface area contributed by atoms with Gasteiger partial charge in [-0.2, -0.15) is 4.31 Å². The zero-order chi connectivity index (χ0) is 13.9. The molecule has 19 heavy (non-hydrogen) atoms. The molecule has 6 nitrogen and oxygen atoms in total. The van der Waals surface area contributed by atoms with Crippen LogP contribution in [0.4, 0.5) is 5.82 Å². The van der Waals surface area contributed by atoms with Gasteiger partial charge in [0.15, 0.2) is 0 Å². The fraction of sp³-hybridized carbons (Fsp3) is 0.583. The predicted molar refractivity (Wildman–Crippen MR) is 73.8 cm³/mol. The van der Waals surface area contributed by atoms with Gasteiger partial charge >= 0.3 is 0 Å². The molecule has 3 N–H and O–H groups in total. The van der Waals surface area contributed by atoms with E-state index in [0.717, 1.165) is 12.8 Å². The maximum Gasteiger partial charge on any atom is 0.243 e. The summed E-state index contributed by atoms with van der Waals surface area (Å²) in [5.74, 6) is 6.11. The summed E-state index contributed by atoms with van der Waals surface area (Å²) in [6, 6.07) is 2.96. The molecule has 2 rings (SSSR count). The smallest absolute Gasteiger partial charge is 0.243 e. The molecule has 1 heterocycles. The first-order valence-electron chi connectivity index (χ1n) is 6.50. The number of sulfonamides is 1. The van der Waals surface area contributed by atoms with Crippen molar-refractivity contribution in [2.24, 2.45) is 11.8 Å². The van der Waals surface area contributed by atoms with Gasteiger partial charge in [0.05, 0.1) is 4.90 Å². The summed E-state index contributed by atoms with van der Waals surface area (Å²) < 4.78 is 26.6. The lowest BCUT2D eigenvalue weighted by Crippen LogP contribution is -2.37. The number of hydrogen-bond donors (Lipinski definition) is 2. The minimum Gasteiger partial charge on any atom is -0.308 e. The Labute approximate surface area is 114 Å². The van der Waals surface area contributed by atoms with Crippen molar-refractivity contribution < 1.29 is 8.42 Å². The molecule has 0 aliphatic heterocycles. The van der Waals surface area contributed by atoms with Crippen molar-refractivity contribution in [3.63, 3.8) is 0 Å². The van der Waals surface area contributed by atoms with Gasteiger partial charge in [-0.3, -0.25) is 0 Å². The van der Waals surface area contributed by atoms with Crippen LogP contribution in [-0.2, 0) is 10.0 Å². The molecule has 0 atom stereocenters. The molecule has 0 aromatic carbocycles. The maximum atomic E-state index is 12.5. The fourth-order valence-electron chi connectivity index (χ4n) is 2.16. The molecule has 0 unspecified atom stereocenters. The molecular formula is C12H20N4O2S. The van der Waals surface area contributed by atoms with Crippen LogP contribution in [0.5, 0.6) is 0 Å². The topological polar surface area (TPSA) is 88.3 Å². The number of rotatable bonds is 6. The highest BCUT2D eigenvalue weighted by Gasteiger charge is 2.28. The van der Waals surface area contributed by atoms with Crippen molar-refractivity contribution in [3.8, 4) is 0 Å². The van der Waals surface area contributed by atoms with Gasteiger partial charge in [-0.25, -0.2) is 19.2 Å². The average Bonchev–Trinajstić information content (AvgIpc) is 2.37. The Kier molecular flexibility index (Phi) is 4.38. The van der Waals surface area contributed by atoms with E-state index in [9.17, 15) is 8.42 Å². The van der Waals surface area contributed by atoms with E-state index in [0.29, 0.717) is 24.8 Å². The summed E-state index contributed by atoms with van der Waals surface area (Å²) in [7, 11) is -3.46. The lowest BCUT2D eigenvalue weighted by Gasteiger charge is -2.31. The van der Waals surface area contributed by atoms with Crippen LogP contribution >= 0.6 is 0 Å². The highest BCUT2D eigenvalue weighted by atomic mass is 32.2. The van der Waals surface area contributed by atoms with Gasteiger partial charge < -0.3 is 5.43 Å². The van der Waals surface area contributed by atoms with Crippen molar-refractivity contribution in [3.05, 3.63) is 18.3 Å². The van der Waals surface area contributed by atoms with Crippen molar-refractivity contribution in [2.45, 2.75) is 31.1 Å². The monoisotopic (exact) mass is 284 g/mol. The number of aromatic nitrogens is 1. The van der Waals surface area contributed by atoms with Crippen molar-refractivity contribution in [2.75, 3.05) is 18.5 Å². The normalized spacial score (nSPS) is 16.4. The Balaban J connectivity index is 2.22. The van der Waals surface area contributed by atoms with Gasteiger partial charge in [-0.05, 0) is 24.8 Å². The van der Waals surface area contributed by atoms with Gasteiger partial charge in [0.1, 0.15) is 5.82 Å². The maximum absolute atomic E-state index is 12.5. The number of nitrogens with one attached hydrogen (secondary N) is 1. The van der Waals surface area contributed by atoms with Crippen LogP contribution in [-0.4, -0.2) is 30.8 Å². The van der Waals surface area contributed by atoms with E-state index in [1.807, 2.05) is 6.92 Å². The molecule has 1 aliphatic carbocycles. The third-order valence-electron chi connectivity index (χ3n) is 3.56. The van der Waals surface area contributed by atoms with E-state index in [1.54, 1.807) is 0 Å². The van der Waals surface area contributed by atoms with Crippen molar-refractivity contribution >= 4 is 15.8 Å². The molecule has 1 aliphatic rings. The number of pyridine rings is 1. The molecule has 1 aromatic heterocycles. The summed E-state index contributed by atoms with van der Waals surface area (Å²) in [5, 5.41) is 0. The summed E-state index contributed by atoms with van der Waals surface area (Å²) in [5.41, 5.74) is 2.37. The van der Waals surface area contributed by atoms with Gasteiger partial charge in [-0.1, -0.05) is 13.3 Å². The molecule has 1 aromatic rings. The molecule has 0 amide bonds. The van der Waals surface area contributed by atoms with E-state index in [4.69, 9.17) is 5.84 Å². The number of nitrogens with two attached hydrogens (primary N) is 1.